The summed E-state index contributed by atoms with van der Waals surface area (Å²) in [6, 6.07) is 7.38. The molecular formula is C17H13N5O2. The van der Waals surface area contributed by atoms with E-state index in [1.54, 1.807) is 19.3 Å². The minimum atomic E-state index is -0.400. The van der Waals surface area contributed by atoms with Crippen molar-refractivity contribution in [3.8, 4) is 17.1 Å². The maximum absolute atomic E-state index is 12.1. The van der Waals surface area contributed by atoms with Crippen LogP contribution in [0.25, 0.3) is 11.4 Å². The Balaban J connectivity index is 1.65. The van der Waals surface area contributed by atoms with Gasteiger partial charge in [-0.25, -0.2) is 9.98 Å². The molecule has 0 saturated heterocycles. The molecule has 118 valence electrons. The van der Waals surface area contributed by atoms with Gasteiger partial charge in [-0.05, 0) is 30.3 Å². The molecule has 1 aliphatic heterocycles. The summed E-state index contributed by atoms with van der Waals surface area (Å²) in [6.45, 7) is 0. The van der Waals surface area contributed by atoms with E-state index in [1.807, 2.05) is 36.4 Å². The lowest BCUT2D eigenvalue weighted by molar-refractivity contribution is -0.118. The van der Waals surface area contributed by atoms with Gasteiger partial charge < -0.3 is 4.74 Å². The first-order valence-electron chi connectivity index (χ1n) is 7.38. The summed E-state index contributed by atoms with van der Waals surface area (Å²) in [5, 5.41) is 6.97. The molecule has 0 fully saturated rings. The number of benzene rings is 1. The monoisotopic (exact) mass is 319 g/mol. The molecule has 7 nitrogen and oxygen atoms in total. The molecule has 0 bridgehead atoms. The predicted octanol–water partition coefficient (Wildman–Crippen LogP) is 1.95. The molecule has 0 spiro atoms. The minimum absolute atomic E-state index is 0.249. The SMILES string of the molecule is COc1ccc(-c2n[nH]c(C3=NC(=O)C4C=CC=CC4=N3)n2)cc1. The molecule has 7 heteroatoms. The normalized spacial score (nSPS) is 18.9. The smallest absolute Gasteiger partial charge is 0.260 e. The van der Waals surface area contributed by atoms with Gasteiger partial charge in [-0.15, -0.1) is 0 Å². The van der Waals surface area contributed by atoms with E-state index >= 15 is 0 Å². The molecule has 2 heterocycles. The van der Waals surface area contributed by atoms with Crippen LogP contribution in [0.3, 0.4) is 0 Å². The van der Waals surface area contributed by atoms with Gasteiger partial charge in [0.2, 0.25) is 5.84 Å². The average molecular weight is 319 g/mol. The highest BCUT2D eigenvalue weighted by atomic mass is 16.5. The summed E-state index contributed by atoms with van der Waals surface area (Å²) in [6.07, 6.45) is 7.25. The van der Waals surface area contributed by atoms with Crippen LogP contribution >= 0.6 is 0 Å². The minimum Gasteiger partial charge on any atom is -0.497 e. The Bertz CT molecular complexity index is 919. The summed E-state index contributed by atoms with van der Waals surface area (Å²) in [7, 11) is 1.61. The number of amides is 1. The topological polar surface area (TPSA) is 92.6 Å². The number of carbonyl (C=O) groups is 1. The van der Waals surface area contributed by atoms with Crippen LogP contribution in [0, 0.1) is 5.92 Å². The van der Waals surface area contributed by atoms with E-state index in [0.29, 0.717) is 17.4 Å². The number of hydrogen-bond donors (Lipinski definition) is 1. The first kappa shape index (κ1) is 14.3. The van der Waals surface area contributed by atoms with Gasteiger partial charge >= 0.3 is 0 Å². The second kappa shape index (κ2) is 5.69. The summed E-state index contributed by atoms with van der Waals surface area (Å²) in [5.74, 6) is 1.22. The molecule has 1 N–H and O–H groups in total. The van der Waals surface area contributed by atoms with E-state index in [1.165, 1.54) is 0 Å². The van der Waals surface area contributed by atoms with Crippen molar-refractivity contribution in [1.82, 2.24) is 15.2 Å². The number of rotatable bonds is 3. The van der Waals surface area contributed by atoms with Gasteiger partial charge in [0.15, 0.2) is 11.6 Å². The number of H-pyrrole nitrogens is 1. The fraction of sp³-hybridized carbons (Fsp3) is 0.118. The number of carbonyl (C=O) groups excluding carboxylic acids is 1. The fourth-order valence-corrected chi connectivity index (χ4v) is 2.51. The molecule has 1 amide bonds. The van der Waals surface area contributed by atoms with Crippen molar-refractivity contribution in [2.45, 2.75) is 0 Å². The van der Waals surface area contributed by atoms with Crippen LogP contribution in [0.4, 0.5) is 0 Å². The Morgan fingerprint density at radius 3 is 2.75 bits per heavy atom. The number of amidine groups is 1. The first-order chi connectivity index (χ1) is 11.7. The molecule has 2 aromatic rings. The third-order valence-corrected chi connectivity index (χ3v) is 3.76. The quantitative estimate of drug-likeness (QED) is 0.936. The maximum Gasteiger partial charge on any atom is 0.260 e. The third kappa shape index (κ3) is 2.45. The zero-order valence-electron chi connectivity index (χ0n) is 12.8. The number of nitrogens with zero attached hydrogens (tertiary/aromatic N) is 4. The Hall–Kier alpha value is -3.35. The van der Waals surface area contributed by atoms with E-state index in [4.69, 9.17) is 4.74 Å². The second-order valence-corrected chi connectivity index (χ2v) is 5.27. The molecule has 1 atom stereocenters. The van der Waals surface area contributed by atoms with Crippen molar-refractivity contribution in [2.24, 2.45) is 15.9 Å². The number of allylic oxidation sites excluding steroid dienone is 3. The van der Waals surface area contributed by atoms with Gasteiger partial charge in [0.25, 0.3) is 5.91 Å². The highest BCUT2D eigenvalue weighted by molar-refractivity contribution is 6.23. The Morgan fingerprint density at radius 1 is 1.12 bits per heavy atom. The maximum atomic E-state index is 12.1. The molecule has 0 radical (unpaired) electrons. The first-order valence-corrected chi connectivity index (χ1v) is 7.38. The van der Waals surface area contributed by atoms with Gasteiger partial charge in [0, 0.05) is 5.56 Å². The van der Waals surface area contributed by atoms with E-state index in [-0.39, 0.29) is 11.7 Å². The summed E-state index contributed by atoms with van der Waals surface area (Å²) in [4.78, 5) is 25.0. The van der Waals surface area contributed by atoms with Crippen LogP contribution in [0.2, 0.25) is 0 Å². The van der Waals surface area contributed by atoms with Gasteiger partial charge in [0.05, 0.1) is 12.8 Å². The third-order valence-electron chi connectivity index (χ3n) is 3.76. The summed E-state index contributed by atoms with van der Waals surface area (Å²) >= 11 is 0. The van der Waals surface area contributed by atoms with Crippen molar-refractivity contribution >= 4 is 17.5 Å². The number of nitrogens with one attached hydrogen (secondary N) is 1. The van der Waals surface area contributed by atoms with Crippen LogP contribution in [0.15, 0.2) is 58.6 Å². The highest BCUT2D eigenvalue weighted by Gasteiger charge is 2.27. The van der Waals surface area contributed by atoms with Crippen LogP contribution in [0.5, 0.6) is 5.75 Å². The second-order valence-electron chi connectivity index (χ2n) is 5.27. The van der Waals surface area contributed by atoms with Gasteiger partial charge in [-0.2, -0.15) is 10.1 Å². The average Bonchev–Trinajstić information content (AvgIpc) is 3.12. The van der Waals surface area contributed by atoms with E-state index in [0.717, 1.165) is 11.3 Å². The molecule has 24 heavy (non-hydrogen) atoms. The number of hydrogen-bond acceptors (Lipinski definition) is 5. The molecule has 1 unspecified atom stereocenters. The zero-order valence-corrected chi connectivity index (χ0v) is 12.8. The number of fused-ring (bicyclic) bond motifs is 1. The summed E-state index contributed by atoms with van der Waals surface area (Å²) < 4.78 is 5.13. The van der Waals surface area contributed by atoms with Crippen molar-refractivity contribution in [3.63, 3.8) is 0 Å². The standard InChI is InChI=1S/C17H13N5O2/c1-24-11-8-6-10(7-9-11)14-19-16(22-21-14)15-18-13-5-3-2-4-12(13)17(23)20-15/h2-9,12H,1H3,(H,19,21,22). The predicted molar refractivity (Wildman–Crippen MR) is 89.1 cm³/mol. The Morgan fingerprint density at radius 2 is 1.96 bits per heavy atom. The van der Waals surface area contributed by atoms with E-state index in [9.17, 15) is 4.79 Å². The lowest BCUT2D eigenvalue weighted by Gasteiger charge is -2.16. The molecule has 4 rings (SSSR count). The number of aromatic nitrogens is 3. The van der Waals surface area contributed by atoms with Crippen molar-refractivity contribution in [3.05, 3.63) is 54.4 Å². The number of aromatic amines is 1. The van der Waals surface area contributed by atoms with Crippen molar-refractivity contribution < 1.29 is 9.53 Å². The van der Waals surface area contributed by atoms with E-state index < -0.39 is 5.92 Å². The highest BCUT2D eigenvalue weighted by Crippen LogP contribution is 2.21. The van der Waals surface area contributed by atoms with Crippen LogP contribution < -0.4 is 4.74 Å². The number of aliphatic imine (C=N–C) groups is 2. The Labute approximate surface area is 137 Å². The van der Waals surface area contributed by atoms with Gasteiger partial charge in [-0.1, -0.05) is 18.2 Å². The molecular weight excluding hydrogens is 306 g/mol. The van der Waals surface area contributed by atoms with Crippen LogP contribution in [0.1, 0.15) is 5.82 Å². The molecule has 0 saturated carbocycles. The molecule has 2 aliphatic rings. The Kier molecular flexibility index (Phi) is 3.38. The molecule has 1 aromatic heterocycles. The van der Waals surface area contributed by atoms with Crippen LogP contribution in [-0.2, 0) is 4.79 Å². The fourth-order valence-electron chi connectivity index (χ4n) is 2.51. The van der Waals surface area contributed by atoms with Crippen molar-refractivity contribution in [1.29, 1.82) is 0 Å². The lowest BCUT2D eigenvalue weighted by atomic mass is 9.96. The number of ether oxygens (including phenoxy) is 1. The summed E-state index contributed by atoms with van der Waals surface area (Å²) in [5.41, 5.74) is 1.49. The van der Waals surface area contributed by atoms with Crippen molar-refractivity contribution in [2.75, 3.05) is 7.11 Å². The zero-order chi connectivity index (χ0) is 16.5. The lowest BCUT2D eigenvalue weighted by Crippen LogP contribution is -2.27. The van der Waals surface area contributed by atoms with Gasteiger partial charge in [0.1, 0.15) is 11.7 Å². The van der Waals surface area contributed by atoms with Crippen LogP contribution in [-0.4, -0.2) is 39.7 Å². The number of methoxy groups -OCH3 is 1. The largest absolute Gasteiger partial charge is 0.497 e. The van der Waals surface area contributed by atoms with Gasteiger partial charge in [-0.3, -0.25) is 9.89 Å². The molecule has 1 aromatic carbocycles. The molecule has 1 aliphatic carbocycles. The van der Waals surface area contributed by atoms with E-state index in [2.05, 4.69) is 25.2 Å².